The van der Waals surface area contributed by atoms with E-state index < -0.39 is 0 Å². The van der Waals surface area contributed by atoms with E-state index in [0.29, 0.717) is 6.04 Å². The molecule has 1 atom stereocenters. The van der Waals surface area contributed by atoms with Crippen molar-refractivity contribution in [1.82, 2.24) is 4.98 Å². The number of aromatic nitrogens is 1. The third-order valence-electron chi connectivity index (χ3n) is 4.18. The van der Waals surface area contributed by atoms with Crippen molar-refractivity contribution in [3.8, 4) is 0 Å². The van der Waals surface area contributed by atoms with E-state index in [9.17, 15) is 0 Å². The highest BCUT2D eigenvalue weighted by Gasteiger charge is 2.22. The van der Waals surface area contributed by atoms with Crippen LogP contribution in [0.5, 0.6) is 0 Å². The van der Waals surface area contributed by atoms with Crippen molar-refractivity contribution in [3.05, 3.63) is 60.3 Å². The zero-order valence-electron chi connectivity index (χ0n) is 11.9. The average Bonchev–Trinajstić information content (AvgIpc) is 2.55. The van der Waals surface area contributed by atoms with Gasteiger partial charge < -0.3 is 4.90 Å². The number of nitrogens with zero attached hydrogens (tertiary/aromatic N) is 2. The molecular weight excluding hydrogens is 244 g/mol. The minimum Gasteiger partial charge on any atom is -0.354 e. The first-order valence-corrected chi connectivity index (χ1v) is 7.65. The highest BCUT2D eigenvalue weighted by molar-refractivity contribution is 5.39. The summed E-state index contributed by atoms with van der Waals surface area (Å²) in [5, 5.41) is 0. The maximum absolute atomic E-state index is 4.53. The number of benzene rings is 1. The molecule has 2 heteroatoms. The second-order valence-corrected chi connectivity index (χ2v) is 5.56. The molecule has 0 saturated carbocycles. The van der Waals surface area contributed by atoms with Gasteiger partial charge in [0.2, 0.25) is 0 Å². The van der Waals surface area contributed by atoms with Crippen LogP contribution >= 0.6 is 0 Å². The van der Waals surface area contributed by atoms with Gasteiger partial charge >= 0.3 is 0 Å². The lowest BCUT2D eigenvalue weighted by atomic mass is 9.96. The van der Waals surface area contributed by atoms with E-state index in [-0.39, 0.29) is 0 Å². The predicted octanol–water partition coefficient (Wildman–Crippen LogP) is 4.07. The van der Waals surface area contributed by atoms with Crippen LogP contribution in [0.4, 0.5) is 5.82 Å². The van der Waals surface area contributed by atoms with E-state index in [0.717, 1.165) is 18.8 Å². The third-order valence-corrected chi connectivity index (χ3v) is 4.18. The number of hydrogen-bond acceptors (Lipinski definition) is 2. The van der Waals surface area contributed by atoms with Crippen LogP contribution in [0, 0.1) is 0 Å². The van der Waals surface area contributed by atoms with E-state index >= 15 is 0 Å². The van der Waals surface area contributed by atoms with Crippen LogP contribution in [0.25, 0.3) is 0 Å². The van der Waals surface area contributed by atoms with Crippen molar-refractivity contribution < 1.29 is 0 Å². The normalized spacial score (nSPS) is 19.0. The molecule has 0 aliphatic carbocycles. The fourth-order valence-corrected chi connectivity index (χ4v) is 3.10. The summed E-state index contributed by atoms with van der Waals surface area (Å²) in [4.78, 5) is 7.04. The fraction of sp³-hybridized carbons (Fsp3) is 0.389. The Bertz CT molecular complexity index is 509. The van der Waals surface area contributed by atoms with Gasteiger partial charge in [-0.05, 0) is 49.8 Å². The number of aryl methyl sites for hydroxylation is 1. The highest BCUT2D eigenvalue weighted by Crippen LogP contribution is 2.25. The summed E-state index contributed by atoms with van der Waals surface area (Å²) >= 11 is 0. The number of rotatable bonds is 4. The van der Waals surface area contributed by atoms with Gasteiger partial charge in [-0.2, -0.15) is 0 Å². The monoisotopic (exact) mass is 266 g/mol. The van der Waals surface area contributed by atoms with Gasteiger partial charge in [0.1, 0.15) is 5.82 Å². The predicted molar refractivity (Wildman–Crippen MR) is 84.0 cm³/mol. The Labute approximate surface area is 121 Å². The van der Waals surface area contributed by atoms with Gasteiger partial charge in [-0.15, -0.1) is 0 Å². The van der Waals surface area contributed by atoms with E-state index in [1.165, 1.54) is 31.2 Å². The Hall–Kier alpha value is -1.83. The van der Waals surface area contributed by atoms with Crippen LogP contribution in [0.2, 0.25) is 0 Å². The second kappa shape index (κ2) is 6.56. The molecule has 1 aliphatic rings. The molecular formula is C18H22N2. The van der Waals surface area contributed by atoms with Gasteiger partial charge in [-0.25, -0.2) is 4.98 Å². The summed E-state index contributed by atoms with van der Waals surface area (Å²) in [5.74, 6) is 1.14. The van der Waals surface area contributed by atoms with Crippen LogP contribution in [-0.4, -0.2) is 17.6 Å². The Morgan fingerprint density at radius 2 is 1.85 bits per heavy atom. The van der Waals surface area contributed by atoms with Gasteiger partial charge in [0.05, 0.1) is 0 Å². The van der Waals surface area contributed by atoms with Crippen molar-refractivity contribution in [1.29, 1.82) is 0 Å². The molecule has 0 spiro atoms. The molecule has 0 amide bonds. The minimum atomic E-state index is 0.638. The van der Waals surface area contributed by atoms with E-state index in [1.807, 2.05) is 12.3 Å². The lowest BCUT2D eigenvalue weighted by Gasteiger charge is -2.36. The van der Waals surface area contributed by atoms with Crippen LogP contribution in [0.3, 0.4) is 0 Å². The summed E-state index contributed by atoms with van der Waals surface area (Å²) in [6, 6.07) is 17.7. The molecule has 20 heavy (non-hydrogen) atoms. The molecule has 2 aromatic rings. The van der Waals surface area contributed by atoms with Crippen LogP contribution in [-0.2, 0) is 6.42 Å². The van der Waals surface area contributed by atoms with Gasteiger partial charge in [0, 0.05) is 18.8 Å². The van der Waals surface area contributed by atoms with Crippen LogP contribution in [0.15, 0.2) is 54.7 Å². The number of hydrogen-bond donors (Lipinski definition) is 0. The molecule has 2 heterocycles. The van der Waals surface area contributed by atoms with Gasteiger partial charge in [-0.1, -0.05) is 36.4 Å². The van der Waals surface area contributed by atoms with Gasteiger partial charge in [-0.3, -0.25) is 0 Å². The van der Waals surface area contributed by atoms with Crippen LogP contribution in [0.1, 0.15) is 31.2 Å². The van der Waals surface area contributed by atoms with Crippen molar-refractivity contribution in [2.45, 2.75) is 38.1 Å². The van der Waals surface area contributed by atoms with Gasteiger partial charge in [0.25, 0.3) is 0 Å². The van der Waals surface area contributed by atoms with Gasteiger partial charge in [0.15, 0.2) is 0 Å². The molecule has 1 aromatic heterocycles. The Balaban J connectivity index is 1.67. The van der Waals surface area contributed by atoms with E-state index in [1.54, 1.807) is 0 Å². The Morgan fingerprint density at radius 1 is 1.00 bits per heavy atom. The standard InChI is InChI=1S/C18H22N2/c1-2-8-16(9-3-1)12-13-17-10-5-7-15-20(17)18-11-4-6-14-19-18/h1-4,6,8-9,11,14,17H,5,7,10,12-13,15H2. The maximum Gasteiger partial charge on any atom is 0.128 e. The number of pyridine rings is 1. The molecule has 0 N–H and O–H groups in total. The fourth-order valence-electron chi connectivity index (χ4n) is 3.10. The van der Waals surface area contributed by atoms with Crippen molar-refractivity contribution in [2.75, 3.05) is 11.4 Å². The average molecular weight is 266 g/mol. The van der Waals surface area contributed by atoms with Crippen molar-refractivity contribution >= 4 is 5.82 Å². The topological polar surface area (TPSA) is 16.1 Å². The first kappa shape index (κ1) is 13.2. The molecule has 2 nitrogen and oxygen atoms in total. The summed E-state index contributed by atoms with van der Waals surface area (Å²) in [6.07, 6.45) is 8.22. The molecule has 104 valence electrons. The number of anilines is 1. The molecule has 1 aliphatic heterocycles. The highest BCUT2D eigenvalue weighted by atomic mass is 15.2. The molecule has 0 bridgehead atoms. The molecule has 0 radical (unpaired) electrons. The zero-order chi connectivity index (χ0) is 13.6. The second-order valence-electron chi connectivity index (χ2n) is 5.56. The smallest absolute Gasteiger partial charge is 0.128 e. The molecule has 1 fully saturated rings. The molecule has 3 rings (SSSR count). The first-order chi connectivity index (χ1) is 9.93. The summed E-state index contributed by atoms with van der Waals surface area (Å²) < 4.78 is 0. The lowest BCUT2D eigenvalue weighted by molar-refractivity contribution is 0.435. The molecule has 1 saturated heterocycles. The van der Waals surface area contributed by atoms with Crippen molar-refractivity contribution in [2.24, 2.45) is 0 Å². The van der Waals surface area contributed by atoms with Crippen LogP contribution < -0.4 is 4.90 Å². The summed E-state index contributed by atoms with van der Waals surface area (Å²) in [6.45, 7) is 1.15. The largest absolute Gasteiger partial charge is 0.354 e. The molecule has 1 unspecified atom stereocenters. The SMILES string of the molecule is c1ccc(CCC2CCCCN2c2ccccn2)cc1. The quantitative estimate of drug-likeness (QED) is 0.829. The Morgan fingerprint density at radius 3 is 2.65 bits per heavy atom. The third kappa shape index (κ3) is 3.19. The summed E-state index contributed by atoms with van der Waals surface area (Å²) in [7, 11) is 0. The lowest BCUT2D eigenvalue weighted by Crippen LogP contribution is -2.40. The van der Waals surface area contributed by atoms with Crippen molar-refractivity contribution in [3.63, 3.8) is 0 Å². The molecule has 1 aromatic carbocycles. The minimum absolute atomic E-state index is 0.638. The first-order valence-electron chi connectivity index (χ1n) is 7.65. The zero-order valence-corrected chi connectivity index (χ0v) is 11.9. The van der Waals surface area contributed by atoms with E-state index in [2.05, 4.69) is 52.3 Å². The Kier molecular flexibility index (Phi) is 4.32. The van der Waals surface area contributed by atoms with E-state index in [4.69, 9.17) is 0 Å². The number of piperidine rings is 1. The summed E-state index contributed by atoms with van der Waals surface area (Å²) in [5.41, 5.74) is 1.44. The maximum atomic E-state index is 4.53.